The largest absolute Gasteiger partial charge is 0.325 e. The van der Waals surface area contributed by atoms with Crippen molar-refractivity contribution in [2.45, 2.75) is 50.3 Å². The second-order valence-electron chi connectivity index (χ2n) is 6.48. The number of hydrogen-bond donors (Lipinski definition) is 1. The zero-order chi connectivity index (χ0) is 18.0. The summed E-state index contributed by atoms with van der Waals surface area (Å²) >= 11 is 1.35. The van der Waals surface area contributed by atoms with Crippen molar-refractivity contribution in [3.63, 3.8) is 0 Å². The molecule has 2 aromatic rings. The van der Waals surface area contributed by atoms with Gasteiger partial charge in [-0.15, -0.1) is 0 Å². The molecule has 0 radical (unpaired) electrons. The Morgan fingerprint density at radius 2 is 2.12 bits per heavy atom. The number of pyridine rings is 1. The highest BCUT2D eigenvalue weighted by Crippen LogP contribution is 2.30. The molecule has 128 valence electrons. The number of thioether (sulfide) groups is 1. The summed E-state index contributed by atoms with van der Waals surface area (Å²) in [5, 5.41) is 12.7. The summed E-state index contributed by atoms with van der Waals surface area (Å²) in [5.41, 5.74) is 5.78. The molecule has 1 unspecified atom stereocenters. The fourth-order valence-corrected chi connectivity index (χ4v) is 3.84. The normalized spacial score (nSPS) is 13.8. The first-order valence-corrected chi connectivity index (χ1v) is 9.33. The van der Waals surface area contributed by atoms with Crippen molar-refractivity contribution in [1.29, 1.82) is 5.26 Å². The SMILES string of the molecule is Cc1ccc(C)c(NC(=O)C(C)Sc2nc3c(cc2C#N)CCC3)c1. The minimum atomic E-state index is -0.334. The van der Waals surface area contributed by atoms with Crippen molar-refractivity contribution in [3.05, 3.63) is 52.2 Å². The Labute approximate surface area is 152 Å². The Hall–Kier alpha value is -2.32. The molecule has 0 fully saturated rings. The molecule has 1 aliphatic rings. The Bertz CT molecular complexity index is 870. The van der Waals surface area contributed by atoms with Gasteiger partial charge in [-0.3, -0.25) is 4.79 Å². The van der Waals surface area contributed by atoms with E-state index in [1.54, 1.807) is 0 Å². The number of anilines is 1. The van der Waals surface area contributed by atoms with Crippen LogP contribution in [0.25, 0.3) is 0 Å². The Morgan fingerprint density at radius 3 is 2.88 bits per heavy atom. The molecule has 1 heterocycles. The second-order valence-corrected chi connectivity index (χ2v) is 7.81. The van der Waals surface area contributed by atoms with Crippen LogP contribution in [0, 0.1) is 25.2 Å². The second kappa shape index (κ2) is 7.28. The molecule has 1 aromatic carbocycles. The van der Waals surface area contributed by atoms with Gasteiger partial charge in [0.05, 0.1) is 10.8 Å². The third-order valence-corrected chi connectivity index (χ3v) is 5.55. The number of fused-ring (bicyclic) bond motifs is 1. The van der Waals surface area contributed by atoms with Crippen LogP contribution < -0.4 is 5.32 Å². The smallest absolute Gasteiger partial charge is 0.237 e. The summed E-state index contributed by atoms with van der Waals surface area (Å²) in [4.78, 5) is 17.2. The summed E-state index contributed by atoms with van der Waals surface area (Å²) in [7, 11) is 0. The lowest BCUT2D eigenvalue weighted by Gasteiger charge is -2.15. The van der Waals surface area contributed by atoms with Gasteiger partial charge in [-0.05, 0) is 68.9 Å². The van der Waals surface area contributed by atoms with Gasteiger partial charge in [0.2, 0.25) is 5.91 Å². The number of aromatic nitrogens is 1. The maximum Gasteiger partial charge on any atom is 0.237 e. The van der Waals surface area contributed by atoms with Crippen molar-refractivity contribution in [2.24, 2.45) is 0 Å². The van der Waals surface area contributed by atoms with Crippen LogP contribution in [0.3, 0.4) is 0 Å². The Balaban J connectivity index is 1.76. The highest BCUT2D eigenvalue weighted by molar-refractivity contribution is 8.00. The maximum absolute atomic E-state index is 12.6. The average Bonchev–Trinajstić information content (AvgIpc) is 3.04. The van der Waals surface area contributed by atoms with E-state index < -0.39 is 0 Å². The number of amides is 1. The van der Waals surface area contributed by atoms with E-state index in [0.29, 0.717) is 10.6 Å². The van der Waals surface area contributed by atoms with E-state index >= 15 is 0 Å². The van der Waals surface area contributed by atoms with Gasteiger partial charge in [-0.1, -0.05) is 23.9 Å². The van der Waals surface area contributed by atoms with Gasteiger partial charge in [0.1, 0.15) is 11.1 Å². The lowest BCUT2D eigenvalue weighted by Crippen LogP contribution is -2.23. The Kier molecular flexibility index (Phi) is 5.10. The van der Waals surface area contributed by atoms with E-state index in [2.05, 4.69) is 16.4 Å². The first-order valence-electron chi connectivity index (χ1n) is 8.45. The number of rotatable bonds is 4. The third-order valence-electron chi connectivity index (χ3n) is 4.44. The summed E-state index contributed by atoms with van der Waals surface area (Å²) in [5.74, 6) is -0.0788. The molecule has 25 heavy (non-hydrogen) atoms. The zero-order valence-electron chi connectivity index (χ0n) is 14.7. The lowest BCUT2D eigenvalue weighted by molar-refractivity contribution is -0.115. The number of carbonyl (C=O) groups excluding carboxylic acids is 1. The van der Waals surface area contributed by atoms with E-state index in [4.69, 9.17) is 0 Å². The number of nitrogens with one attached hydrogen (secondary N) is 1. The summed E-state index contributed by atoms with van der Waals surface area (Å²) in [6.07, 6.45) is 3.03. The first kappa shape index (κ1) is 17.5. The van der Waals surface area contributed by atoms with Crippen molar-refractivity contribution in [2.75, 3.05) is 5.32 Å². The van der Waals surface area contributed by atoms with Crippen molar-refractivity contribution in [3.8, 4) is 6.07 Å². The minimum absolute atomic E-state index is 0.0788. The topological polar surface area (TPSA) is 65.8 Å². The lowest BCUT2D eigenvalue weighted by atomic mass is 10.1. The van der Waals surface area contributed by atoms with Gasteiger partial charge in [-0.2, -0.15) is 5.26 Å². The first-order chi connectivity index (χ1) is 12.0. The van der Waals surface area contributed by atoms with Crippen LogP contribution >= 0.6 is 11.8 Å². The van der Waals surface area contributed by atoms with Crippen LogP contribution in [0.2, 0.25) is 0 Å². The van der Waals surface area contributed by atoms with Gasteiger partial charge in [0, 0.05) is 11.4 Å². The van der Waals surface area contributed by atoms with E-state index in [0.717, 1.165) is 41.8 Å². The molecule has 1 N–H and O–H groups in total. The van der Waals surface area contributed by atoms with Crippen LogP contribution in [0.1, 0.15) is 41.3 Å². The molecular weight excluding hydrogens is 330 g/mol. The van der Waals surface area contributed by atoms with Crippen molar-refractivity contribution >= 4 is 23.4 Å². The minimum Gasteiger partial charge on any atom is -0.325 e. The highest BCUT2D eigenvalue weighted by atomic mass is 32.2. The van der Waals surface area contributed by atoms with Crippen LogP contribution in [0.4, 0.5) is 5.69 Å². The molecule has 0 saturated carbocycles. The highest BCUT2D eigenvalue weighted by Gasteiger charge is 2.21. The molecule has 1 atom stereocenters. The van der Waals surface area contributed by atoms with E-state index in [-0.39, 0.29) is 11.2 Å². The van der Waals surface area contributed by atoms with Crippen LogP contribution in [0.5, 0.6) is 0 Å². The zero-order valence-corrected chi connectivity index (χ0v) is 15.5. The molecule has 0 aliphatic heterocycles. The predicted octanol–water partition coefficient (Wildman–Crippen LogP) is 4.18. The average molecular weight is 351 g/mol. The summed E-state index contributed by atoms with van der Waals surface area (Å²) in [6.45, 7) is 5.82. The fraction of sp³-hybridized carbons (Fsp3) is 0.350. The quantitative estimate of drug-likeness (QED) is 0.839. The monoisotopic (exact) mass is 351 g/mol. The van der Waals surface area contributed by atoms with Crippen LogP contribution in [-0.4, -0.2) is 16.1 Å². The van der Waals surface area contributed by atoms with E-state index in [1.165, 1.54) is 17.3 Å². The van der Waals surface area contributed by atoms with Gasteiger partial charge in [0.25, 0.3) is 0 Å². The fourth-order valence-electron chi connectivity index (χ4n) is 2.95. The van der Waals surface area contributed by atoms with E-state index in [1.807, 2.05) is 45.0 Å². The number of benzene rings is 1. The number of nitriles is 1. The van der Waals surface area contributed by atoms with Crippen molar-refractivity contribution < 1.29 is 4.79 Å². The predicted molar refractivity (Wildman–Crippen MR) is 101 cm³/mol. The Morgan fingerprint density at radius 1 is 1.32 bits per heavy atom. The molecule has 0 bridgehead atoms. The summed E-state index contributed by atoms with van der Waals surface area (Å²) in [6, 6.07) is 10.2. The molecular formula is C20H21N3OS. The number of hydrogen-bond acceptors (Lipinski definition) is 4. The molecule has 1 aromatic heterocycles. The molecule has 1 aliphatic carbocycles. The van der Waals surface area contributed by atoms with Crippen LogP contribution in [0.15, 0.2) is 29.3 Å². The number of carbonyl (C=O) groups is 1. The summed E-state index contributed by atoms with van der Waals surface area (Å²) < 4.78 is 0. The van der Waals surface area contributed by atoms with Crippen LogP contribution in [-0.2, 0) is 17.6 Å². The molecule has 1 amide bonds. The number of nitrogens with zero attached hydrogens (tertiary/aromatic N) is 2. The maximum atomic E-state index is 12.6. The molecule has 3 rings (SSSR count). The molecule has 0 spiro atoms. The standard InChI is InChI=1S/C20H21N3OS/c1-12-7-8-13(2)18(9-12)22-19(24)14(3)25-20-16(11-21)10-15-5-4-6-17(15)23-20/h7-10,14H,4-6H2,1-3H3,(H,22,24). The van der Waals surface area contributed by atoms with Crippen molar-refractivity contribution in [1.82, 2.24) is 4.98 Å². The molecule has 4 nitrogen and oxygen atoms in total. The van der Waals surface area contributed by atoms with E-state index in [9.17, 15) is 10.1 Å². The van der Waals surface area contributed by atoms with Gasteiger partial charge < -0.3 is 5.32 Å². The van der Waals surface area contributed by atoms with Gasteiger partial charge >= 0.3 is 0 Å². The molecule has 0 saturated heterocycles. The van der Waals surface area contributed by atoms with Gasteiger partial charge in [-0.25, -0.2) is 4.98 Å². The molecule has 5 heteroatoms. The third kappa shape index (κ3) is 3.85. The van der Waals surface area contributed by atoms with Gasteiger partial charge in [0.15, 0.2) is 0 Å². The number of aryl methyl sites for hydroxylation is 4.